The number of rotatable bonds is 4. The van der Waals surface area contributed by atoms with Crippen molar-refractivity contribution in [3.8, 4) is 0 Å². The van der Waals surface area contributed by atoms with E-state index in [-0.39, 0.29) is 17.3 Å². The number of carbonyl (C=O) groups excluding carboxylic acids is 1. The van der Waals surface area contributed by atoms with Crippen molar-refractivity contribution in [2.24, 2.45) is 5.41 Å². The molecule has 2 saturated heterocycles. The number of halogens is 1. The van der Waals surface area contributed by atoms with E-state index in [9.17, 15) is 14.0 Å². The van der Waals surface area contributed by atoms with E-state index in [0.717, 1.165) is 18.4 Å². The Hall–Kier alpha value is -2.15. The maximum absolute atomic E-state index is 12.9. The minimum absolute atomic E-state index is 0.00789. The first-order chi connectivity index (χ1) is 12.0. The summed E-state index contributed by atoms with van der Waals surface area (Å²) in [6.45, 7) is 2.52. The highest BCUT2D eigenvalue weighted by atomic mass is 19.1. The molecule has 3 rings (SSSR count). The fourth-order valence-electron chi connectivity index (χ4n) is 3.73. The van der Waals surface area contributed by atoms with Crippen molar-refractivity contribution in [1.82, 2.24) is 15.5 Å². The summed E-state index contributed by atoms with van der Waals surface area (Å²) in [7, 11) is 0. The molecule has 1 atom stereocenters. The number of hydrogen-bond donors (Lipinski definition) is 3. The Kier molecular flexibility index (Phi) is 5.22. The van der Waals surface area contributed by atoms with E-state index in [1.807, 2.05) is 0 Å². The molecule has 2 fully saturated rings. The van der Waals surface area contributed by atoms with Crippen LogP contribution in [0.5, 0.6) is 0 Å². The Balaban J connectivity index is 1.41. The molecule has 2 amide bonds. The largest absolute Gasteiger partial charge is 0.480 e. The standard InChI is InChI=1S/C18H24FN3O3/c19-14-3-1-13(2-4-14)5-8-20-17(25)22-9-6-18(7-10-22)11-15(16(23)24)21-12-18/h1-4,15,21H,5-12H2,(H,20,25)(H,23,24)/t15-/m1/s1. The van der Waals surface area contributed by atoms with Crippen LogP contribution >= 0.6 is 0 Å². The SMILES string of the molecule is O=C(O)[C@H]1CC2(CCN(C(=O)NCCc3ccc(F)cc3)CC2)CN1. The van der Waals surface area contributed by atoms with Crippen LogP contribution in [0.25, 0.3) is 0 Å². The fraction of sp³-hybridized carbons (Fsp3) is 0.556. The molecular weight excluding hydrogens is 325 g/mol. The molecule has 0 aliphatic carbocycles. The molecule has 0 saturated carbocycles. The number of nitrogens with zero attached hydrogens (tertiary/aromatic N) is 1. The summed E-state index contributed by atoms with van der Waals surface area (Å²) in [6, 6.07) is 5.73. The van der Waals surface area contributed by atoms with E-state index in [4.69, 9.17) is 5.11 Å². The van der Waals surface area contributed by atoms with Gasteiger partial charge < -0.3 is 20.6 Å². The third kappa shape index (κ3) is 4.28. The Bertz CT molecular complexity index is 627. The molecule has 1 spiro atoms. The van der Waals surface area contributed by atoms with Crippen LogP contribution in [0.1, 0.15) is 24.8 Å². The summed E-state index contributed by atoms with van der Waals surface area (Å²) in [5, 5.41) is 15.1. The maximum atomic E-state index is 12.9. The predicted octanol–water partition coefficient (Wildman–Crippen LogP) is 1.61. The Morgan fingerprint density at radius 3 is 2.56 bits per heavy atom. The first-order valence-electron chi connectivity index (χ1n) is 8.71. The average Bonchev–Trinajstić information content (AvgIpc) is 3.01. The molecule has 136 valence electrons. The molecule has 2 aliphatic heterocycles. The highest BCUT2D eigenvalue weighted by Crippen LogP contribution is 2.39. The van der Waals surface area contributed by atoms with Crippen molar-refractivity contribution >= 4 is 12.0 Å². The predicted molar refractivity (Wildman–Crippen MR) is 90.8 cm³/mol. The van der Waals surface area contributed by atoms with Gasteiger partial charge in [0.2, 0.25) is 0 Å². The van der Waals surface area contributed by atoms with Gasteiger partial charge in [-0.2, -0.15) is 0 Å². The summed E-state index contributed by atoms with van der Waals surface area (Å²) in [6.07, 6.45) is 2.96. The van der Waals surface area contributed by atoms with Gasteiger partial charge in [0.15, 0.2) is 0 Å². The van der Waals surface area contributed by atoms with Gasteiger partial charge in [-0.15, -0.1) is 0 Å². The number of nitrogens with one attached hydrogen (secondary N) is 2. The number of carboxylic acid groups (broad SMARTS) is 1. The molecule has 0 aromatic heterocycles. The zero-order chi connectivity index (χ0) is 17.9. The summed E-state index contributed by atoms with van der Waals surface area (Å²) < 4.78 is 12.9. The molecule has 25 heavy (non-hydrogen) atoms. The Labute approximate surface area is 146 Å². The quantitative estimate of drug-likeness (QED) is 0.771. The van der Waals surface area contributed by atoms with E-state index >= 15 is 0 Å². The smallest absolute Gasteiger partial charge is 0.320 e. The van der Waals surface area contributed by atoms with Gasteiger partial charge in [-0.1, -0.05) is 12.1 Å². The lowest BCUT2D eigenvalue weighted by atomic mass is 9.76. The van der Waals surface area contributed by atoms with Crippen molar-refractivity contribution in [1.29, 1.82) is 0 Å². The van der Waals surface area contributed by atoms with E-state index in [1.54, 1.807) is 17.0 Å². The topological polar surface area (TPSA) is 81.7 Å². The summed E-state index contributed by atoms with van der Waals surface area (Å²) in [4.78, 5) is 25.2. The van der Waals surface area contributed by atoms with Crippen LogP contribution in [0.4, 0.5) is 9.18 Å². The van der Waals surface area contributed by atoms with E-state index in [0.29, 0.717) is 39.0 Å². The molecule has 7 heteroatoms. The molecule has 1 aromatic carbocycles. The van der Waals surface area contributed by atoms with Crippen LogP contribution in [0.2, 0.25) is 0 Å². The number of urea groups is 1. The van der Waals surface area contributed by atoms with E-state index in [2.05, 4.69) is 10.6 Å². The first-order valence-corrected chi connectivity index (χ1v) is 8.71. The second-order valence-electron chi connectivity index (χ2n) is 7.07. The normalized spacial score (nSPS) is 22.1. The van der Waals surface area contributed by atoms with Crippen LogP contribution in [0.3, 0.4) is 0 Å². The molecule has 0 radical (unpaired) electrons. The van der Waals surface area contributed by atoms with Crippen molar-refractivity contribution in [2.45, 2.75) is 31.7 Å². The van der Waals surface area contributed by atoms with Crippen LogP contribution < -0.4 is 10.6 Å². The van der Waals surface area contributed by atoms with E-state index < -0.39 is 12.0 Å². The molecule has 6 nitrogen and oxygen atoms in total. The molecule has 3 N–H and O–H groups in total. The van der Waals surface area contributed by atoms with Crippen LogP contribution in [0, 0.1) is 11.2 Å². The number of carbonyl (C=O) groups is 2. The van der Waals surface area contributed by atoms with Crippen LogP contribution in [-0.2, 0) is 11.2 Å². The highest BCUT2D eigenvalue weighted by Gasteiger charge is 2.44. The van der Waals surface area contributed by atoms with Gasteiger partial charge in [-0.3, -0.25) is 4.79 Å². The van der Waals surface area contributed by atoms with Crippen LogP contribution in [-0.4, -0.2) is 54.2 Å². The van der Waals surface area contributed by atoms with Crippen molar-refractivity contribution in [3.63, 3.8) is 0 Å². The van der Waals surface area contributed by atoms with Gasteiger partial charge in [-0.25, -0.2) is 9.18 Å². The minimum atomic E-state index is -0.794. The third-order valence-corrected chi connectivity index (χ3v) is 5.37. The number of carboxylic acids is 1. The average molecular weight is 349 g/mol. The van der Waals surface area contributed by atoms with Gasteiger partial charge in [0, 0.05) is 26.2 Å². The van der Waals surface area contributed by atoms with Gasteiger partial charge in [-0.05, 0) is 48.8 Å². The van der Waals surface area contributed by atoms with Gasteiger partial charge >= 0.3 is 12.0 Å². The lowest BCUT2D eigenvalue weighted by molar-refractivity contribution is -0.139. The highest BCUT2D eigenvalue weighted by molar-refractivity contribution is 5.75. The minimum Gasteiger partial charge on any atom is -0.480 e. The number of hydrogen-bond acceptors (Lipinski definition) is 3. The summed E-state index contributed by atoms with van der Waals surface area (Å²) in [5.41, 5.74) is 0.990. The van der Waals surface area contributed by atoms with Gasteiger partial charge in [0.05, 0.1) is 0 Å². The molecule has 0 bridgehead atoms. The molecule has 1 aromatic rings. The molecule has 2 aliphatic rings. The van der Waals surface area contributed by atoms with Crippen molar-refractivity contribution < 1.29 is 19.1 Å². The number of piperidine rings is 1. The number of benzene rings is 1. The van der Waals surface area contributed by atoms with Crippen molar-refractivity contribution in [3.05, 3.63) is 35.6 Å². The monoisotopic (exact) mass is 349 g/mol. The van der Waals surface area contributed by atoms with Crippen LogP contribution in [0.15, 0.2) is 24.3 Å². The third-order valence-electron chi connectivity index (χ3n) is 5.37. The molecule has 0 unspecified atom stereocenters. The number of likely N-dealkylation sites (tertiary alicyclic amines) is 1. The molecular formula is C18H24FN3O3. The molecule has 2 heterocycles. The van der Waals surface area contributed by atoms with Gasteiger partial charge in [0.1, 0.15) is 11.9 Å². The lowest BCUT2D eigenvalue weighted by Gasteiger charge is -2.38. The Morgan fingerprint density at radius 1 is 1.28 bits per heavy atom. The van der Waals surface area contributed by atoms with Crippen molar-refractivity contribution in [2.75, 3.05) is 26.2 Å². The first kappa shape index (κ1) is 17.7. The second-order valence-corrected chi connectivity index (χ2v) is 7.07. The number of amides is 2. The fourth-order valence-corrected chi connectivity index (χ4v) is 3.73. The zero-order valence-electron chi connectivity index (χ0n) is 14.1. The summed E-state index contributed by atoms with van der Waals surface area (Å²) in [5.74, 6) is -1.06. The van der Waals surface area contributed by atoms with Gasteiger partial charge in [0.25, 0.3) is 0 Å². The lowest BCUT2D eigenvalue weighted by Crippen LogP contribution is -2.48. The second kappa shape index (κ2) is 7.39. The zero-order valence-corrected chi connectivity index (χ0v) is 14.1. The Morgan fingerprint density at radius 2 is 1.96 bits per heavy atom. The van der Waals surface area contributed by atoms with E-state index in [1.165, 1.54) is 12.1 Å². The summed E-state index contributed by atoms with van der Waals surface area (Å²) >= 11 is 0. The maximum Gasteiger partial charge on any atom is 0.320 e. The number of aliphatic carboxylic acids is 1.